The van der Waals surface area contributed by atoms with E-state index >= 15 is 0 Å². The highest BCUT2D eigenvalue weighted by molar-refractivity contribution is 6.42. The lowest BCUT2D eigenvalue weighted by molar-refractivity contribution is -0.143. The van der Waals surface area contributed by atoms with E-state index in [0.717, 1.165) is 4.90 Å². The van der Waals surface area contributed by atoms with Gasteiger partial charge in [-0.3, -0.25) is 4.90 Å². The molecule has 0 N–H and O–H groups in total. The fourth-order valence-electron chi connectivity index (χ4n) is 2.91. The van der Waals surface area contributed by atoms with Crippen molar-refractivity contribution in [3.63, 3.8) is 0 Å². The molecule has 1 aliphatic rings. The van der Waals surface area contributed by atoms with Gasteiger partial charge in [0.15, 0.2) is 5.00 Å². The molecular formula is C18H10Cl3F6NO2. The van der Waals surface area contributed by atoms with Gasteiger partial charge in [0.05, 0.1) is 27.7 Å². The number of amides is 1. The summed E-state index contributed by atoms with van der Waals surface area (Å²) in [7, 11) is 0. The van der Waals surface area contributed by atoms with Crippen molar-refractivity contribution in [2.75, 3.05) is 6.61 Å². The lowest BCUT2D eigenvalue weighted by Crippen LogP contribution is -2.39. The monoisotopic (exact) mass is 491 g/mol. The molecule has 1 amide bonds. The van der Waals surface area contributed by atoms with E-state index in [4.69, 9.17) is 39.5 Å². The summed E-state index contributed by atoms with van der Waals surface area (Å²) in [4.78, 5) is 11.3. The summed E-state index contributed by atoms with van der Waals surface area (Å²) in [6.07, 6.45) is -11.1. The SMILES string of the molecule is O=C1OCC(Cl)(c2ccc(Cl)c(Cl)c2)N1Cc1cc(C(F)(F)F)cc(C(F)(F)F)c1. The molecule has 12 heteroatoms. The Kier molecular flexibility index (Phi) is 5.85. The number of alkyl halides is 7. The van der Waals surface area contributed by atoms with E-state index < -0.39 is 53.3 Å². The number of carbonyl (C=O) groups excluding carboxylic acids is 1. The molecule has 2 aromatic rings. The molecule has 3 rings (SSSR count). The molecule has 1 aliphatic heterocycles. The summed E-state index contributed by atoms with van der Waals surface area (Å²) < 4.78 is 83.5. The number of ether oxygens (including phenoxy) is 1. The predicted molar refractivity (Wildman–Crippen MR) is 97.3 cm³/mol. The highest BCUT2D eigenvalue weighted by Gasteiger charge is 2.48. The fraction of sp³-hybridized carbons (Fsp3) is 0.278. The van der Waals surface area contributed by atoms with Gasteiger partial charge in [0, 0.05) is 0 Å². The zero-order chi connectivity index (χ0) is 22.5. The standard InChI is InChI=1S/C18H10Cl3F6NO2/c19-13-2-1-10(6-14(13)20)16(21)8-30-15(29)28(16)7-9-3-11(17(22,23)24)5-12(4-9)18(25,26)27/h1-6H,7-8H2. The second-order valence-corrected chi connectivity index (χ2v) is 7.88. The number of benzene rings is 2. The van der Waals surface area contributed by atoms with Crippen LogP contribution in [0.2, 0.25) is 10.0 Å². The van der Waals surface area contributed by atoms with Crippen LogP contribution in [0.3, 0.4) is 0 Å². The van der Waals surface area contributed by atoms with Crippen molar-refractivity contribution in [3.05, 3.63) is 68.7 Å². The number of nitrogens with zero attached hydrogens (tertiary/aromatic N) is 1. The van der Waals surface area contributed by atoms with E-state index in [1.807, 2.05) is 0 Å². The normalized spacial score (nSPS) is 19.9. The van der Waals surface area contributed by atoms with E-state index in [0.29, 0.717) is 12.1 Å². The van der Waals surface area contributed by atoms with Gasteiger partial charge in [-0.05, 0) is 41.5 Å². The largest absolute Gasteiger partial charge is 0.445 e. The molecule has 1 saturated heterocycles. The van der Waals surface area contributed by atoms with Gasteiger partial charge >= 0.3 is 18.4 Å². The van der Waals surface area contributed by atoms with Gasteiger partial charge in [0.1, 0.15) is 6.61 Å². The van der Waals surface area contributed by atoms with Crippen LogP contribution in [-0.2, 0) is 28.6 Å². The molecule has 0 radical (unpaired) electrons. The van der Waals surface area contributed by atoms with Gasteiger partial charge in [-0.1, -0.05) is 40.9 Å². The molecule has 3 nitrogen and oxygen atoms in total. The first-order valence-corrected chi connectivity index (χ1v) is 9.22. The molecular weight excluding hydrogens is 483 g/mol. The second kappa shape index (κ2) is 7.69. The van der Waals surface area contributed by atoms with Gasteiger partial charge < -0.3 is 4.74 Å². The van der Waals surface area contributed by atoms with E-state index in [9.17, 15) is 31.1 Å². The summed E-state index contributed by atoms with van der Waals surface area (Å²) in [5.74, 6) is 0. The quantitative estimate of drug-likeness (QED) is 0.260. The van der Waals surface area contributed by atoms with Crippen LogP contribution in [0.15, 0.2) is 36.4 Å². The molecule has 1 heterocycles. The summed E-state index contributed by atoms with van der Waals surface area (Å²) in [6.45, 7) is -1.08. The van der Waals surface area contributed by atoms with Crippen LogP contribution in [0.1, 0.15) is 22.3 Å². The van der Waals surface area contributed by atoms with Gasteiger partial charge in [-0.2, -0.15) is 26.3 Å². The van der Waals surface area contributed by atoms with Crippen molar-refractivity contribution in [2.24, 2.45) is 0 Å². The summed E-state index contributed by atoms with van der Waals surface area (Å²) >= 11 is 18.3. The smallest absolute Gasteiger partial charge is 0.416 e. The lowest BCUT2D eigenvalue weighted by Gasteiger charge is -2.30. The molecule has 0 spiro atoms. The van der Waals surface area contributed by atoms with Crippen molar-refractivity contribution >= 4 is 40.9 Å². The van der Waals surface area contributed by atoms with Crippen LogP contribution < -0.4 is 0 Å². The number of hydrogen-bond acceptors (Lipinski definition) is 2. The van der Waals surface area contributed by atoms with Gasteiger partial charge in [0.2, 0.25) is 0 Å². The first-order chi connectivity index (χ1) is 13.7. The molecule has 30 heavy (non-hydrogen) atoms. The Morgan fingerprint density at radius 3 is 2.00 bits per heavy atom. The van der Waals surface area contributed by atoms with Crippen molar-refractivity contribution in [1.29, 1.82) is 0 Å². The van der Waals surface area contributed by atoms with Crippen LogP contribution >= 0.6 is 34.8 Å². The number of rotatable bonds is 3. The molecule has 162 valence electrons. The van der Waals surface area contributed by atoms with Crippen LogP contribution in [0, 0.1) is 0 Å². The van der Waals surface area contributed by atoms with Crippen molar-refractivity contribution in [3.8, 4) is 0 Å². The maximum atomic E-state index is 13.1. The minimum atomic E-state index is -5.02. The van der Waals surface area contributed by atoms with Crippen LogP contribution in [0.4, 0.5) is 31.1 Å². The number of halogens is 9. The Morgan fingerprint density at radius 1 is 0.933 bits per heavy atom. The molecule has 2 aromatic carbocycles. The maximum Gasteiger partial charge on any atom is 0.416 e. The zero-order valence-electron chi connectivity index (χ0n) is 14.5. The van der Waals surface area contributed by atoms with E-state index in [1.165, 1.54) is 18.2 Å². The molecule has 1 fully saturated rings. The average molecular weight is 493 g/mol. The first kappa shape index (κ1) is 22.8. The zero-order valence-corrected chi connectivity index (χ0v) is 16.8. The number of hydrogen-bond donors (Lipinski definition) is 0. The fourth-order valence-corrected chi connectivity index (χ4v) is 3.51. The van der Waals surface area contributed by atoms with Crippen molar-refractivity contribution in [1.82, 2.24) is 4.90 Å². The summed E-state index contributed by atoms with van der Waals surface area (Å²) in [5, 5.41) is 0.275. The first-order valence-electron chi connectivity index (χ1n) is 8.09. The van der Waals surface area contributed by atoms with E-state index in [-0.39, 0.29) is 21.7 Å². The average Bonchev–Trinajstić information content (AvgIpc) is 2.92. The molecule has 1 atom stereocenters. The Balaban J connectivity index is 2.04. The number of cyclic esters (lactones) is 1. The Labute approximate surface area is 181 Å². The third-order valence-corrected chi connectivity index (χ3v) is 5.66. The topological polar surface area (TPSA) is 29.5 Å². The minimum Gasteiger partial charge on any atom is -0.445 e. The van der Waals surface area contributed by atoms with Crippen LogP contribution in [-0.4, -0.2) is 17.6 Å². The number of carbonyl (C=O) groups is 1. The third kappa shape index (κ3) is 4.43. The van der Waals surface area contributed by atoms with E-state index in [2.05, 4.69) is 0 Å². The van der Waals surface area contributed by atoms with Crippen LogP contribution in [0.5, 0.6) is 0 Å². The maximum absolute atomic E-state index is 13.1. The minimum absolute atomic E-state index is 0.00127. The Bertz CT molecular complexity index is 963. The van der Waals surface area contributed by atoms with Gasteiger partial charge in [-0.25, -0.2) is 4.79 Å². The molecule has 1 unspecified atom stereocenters. The molecule has 0 aromatic heterocycles. The van der Waals surface area contributed by atoms with Crippen molar-refractivity contribution in [2.45, 2.75) is 23.9 Å². The van der Waals surface area contributed by atoms with Gasteiger partial charge in [0.25, 0.3) is 0 Å². The van der Waals surface area contributed by atoms with Crippen molar-refractivity contribution < 1.29 is 35.9 Å². The second-order valence-electron chi connectivity index (χ2n) is 6.44. The predicted octanol–water partition coefficient (Wildman–Crippen LogP) is 7.08. The lowest BCUT2D eigenvalue weighted by atomic mass is 10.0. The molecule has 0 saturated carbocycles. The molecule has 0 aliphatic carbocycles. The van der Waals surface area contributed by atoms with Crippen LogP contribution in [0.25, 0.3) is 0 Å². The summed E-state index contributed by atoms with van der Waals surface area (Å²) in [6, 6.07) is 5.18. The highest BCUT2D eigenvalue weighted by atomic mass is 35.5. The van der Waals surface area contributed by atoms with Gasteiger partial charge in [-0.15, -0.1) is 0 Å². The Hall–Kier alpha value is -1.84. The highest BCUT2D eigenvalue weighted by Crippen LogP contribution is 2.43. The third-order valence-electron chi connectivity index (χ3n) is 4.39. The Morgan fingerprint density at radius 2 is 1.50 bits per heavy atom. The molecule has 0 bridgehead atoms. The summed E-state index contributed by atoms with van der Waals surface area (Å²) in [5.41, 5.74) is -3.21. The van der Waals surface area contributed by atoms with E-state index in [1.54, 1.807) is 0 Å².